The molecule has 3 nitrogen and oxygen atoms in total. The number of carbonyl (C=O) groups is 1. The van der Waals surface area contributed by atoms with E-state index in [0.29, 0.717) is 0 Å². The quantitative estimate of drug-likeness (QED) is 0.900. The van der Waals surface area contributed by atoms with Crippen LogP contribution < -0.4 is 10.6 Å². The number of hydrogen-bond donors (Lipinski definition) is 2. The molecule has 1 heterocycles. The molecular weight excluding hydrogens is 272 g/mol. The average Bonchev–Trinajstić information content (AvgIpc) is 2.56. The summed E-state index contributed by atoms with van der Waals surface area (Å²) in [5.41, 5.74) is 5.63. The second-order valence-electron chi connectivity index (χ2n) is 5.84. The third-order valence-corrected chi connectivity index (χ3v) is 4.35. The number of hydrogen-bond acceptors (Lipinski definition) is 2. The van der Waals surface area contributed by atoms with Crippen molar-refractivity contribution in [2.75, 3.05) is 10.6 Å². The van der Waals surface area contributed by atoms with Gasteiger partial charge in [-0.15, -0.1) is 0 Å². The zero-order valence-corrected chi connectivity index (χ0v) is 13.1. The number of amides is 1. The zero-order valence-electron chi connectivity index (χ0n) is 13.1. The second kappa shape index (κ2) is 6.22. The van der Waals surface area contributed by atoms with Crippen molar-refractivity contribution in [3.63, 3.8) is 0 Å². The molecule has 22 heavy (non-hydrogen) atoms. The maximum absolute atomic E-state index is 12.6. The SMILES string of the molecule is CCc1cccc(C)c1NC(=O)C1CCc2ccccc2N1. The molecule has 2 N–H and O–H groups in total. The van der Waals surface area contributed by atoms with E-state index in [2.05, 4.69) is 29.7 Å². The molecule has 0 radical (unpaired) electrons. The van der Waals surface area contributed by atoms with E-state index in [9.17, 15) is 4.79 Å². The summed E-state index contributed by atoms with van der Waals surface area (Å²) >= 11 is 0. The van der Waals surface area contributed by atoms with Gasteiger partial charge in [0.2, 0.25) is 5.91 Å². The van der Waals surface area contributed by atoms with E-state index in [1.807, 2.05) is 37.3 Å². The van der Waals surface area contributed by atoms with Crippen LogP contribution in [0.1, 0.15) is 30.0 Å². The summed E-state index contributed by atoms with van der Waals surface area (Å²) in [4.78, 5) is 12.6. The molecule has 0 fully saturated rings. The highest BCUT2D eigenvalue weighted by Crippen LogP contribution is 2.26. The van der Waals surface area contributed by atoms with Crippen LogP contribution in [0, 0.1) is 6.92 Å². The number of para-hydroxylation sites is 2. The first kappa shape index (κ1) is 14.6. The van der Waals surface area contributed by atoms with Gasteiger partial charge in [-0.05, 0) is 48.9 Å². The van der Waals surface area contributed by atoms with Crippen LogP contribution in [0.5, 0.6) is 0 Å². The number of nitrogens with one attached hydrogen (secondary N) is 2. The normalized spacial score (nSPS) is 16.5. The van der Waals surface area contributed by atoms with E-state index in [-0.39, 0.29) is 11.9 Å². The molecule has 1 atom stereocenters. The van der Waals surface area contributed by atoms with Gasteiger partial charge in [0, 0.05) is 11.4 Å². The molecule has 3 heteroatoms. The highest BCUT2D eigenvalue weighted by atomic mass is 16.2. The summed E-state index contributed by atoms with van der Waals surface area (Å²) in [6.07, 6.45) is 2.68. The van der Waals surface area contributed by atoms with Crippen molar-refractivity contribution in [1.29, 1.82) is 0 Å². The minimum Gasteiger partial charge on any atom is -0.373 e. The summed E-state index contributed by atoms with van der Waals surface area (Å²) in [6.45, 7) is 4.15. The summed E-state index contributed by atoms with van der Waals surface area (Å²) in [7, 11) is 0. The summed E-state index contributed by atoms with van der Waals surface area (Å²) in [5, 5.41) is 6.49. The summed E-state index contributed by atoms with van der Waals surface area (Å²) in [6, 6.07) is 14.2. The lowest BCUT2D eigenvalue weighted by Crippen LogP contribution is -2.38. The molecule has 2 aromatic rings. The van der Waals surface area contributed by atoms with Gasteiger partial charge in [-0.3, -0.25) is 4.79 Å². The minimum absolute atomic E-state index is 0.0542. The van der Waals surface area contributed by atoms with Crippen LogP contribution >= 0.6 is 0 Å². The monoisotopic (exact) mass is 294 g/mol. The lowest BCUT2D eigenvalue weighted by atomic mass is 9.97. The van der Waals surface area contributed by atoms with Gasteiger partial charge in [0.25, 0.3) is 0 Å². The Kier molecular flexibility index (Phi) is 4.14. The maximum atomic E-state index is 12.6. The molecule has 114 valence electrons. The van der Waals surface area contributed by atoms with Crippen LogP contribution in [0.3, 0.4) is 0 Å². The standard InChI is InChI=1S/C19H22N2O/c1-3-14-9-6-7-13(2)18(14)21-19(22)17-12-11-15-8-4-5-10-16(15)20-17/h4-10,17,20H,3,11-12H2,1-2H3,(H,21,22). The Morgan fingerprint density at radius 3 is 2.86 bits per heavy atom. The van der Waals surface area contributed by atoms with Gasteiger partial charge in [0.05, 0.1) is 0 Å². The summed E-state index contributed by atoms with van der Waals surface area (Å²) in [5.74, 6) is 0.0542. The van der Waals surface area contributed by atoms with Crippen LogP contribution in [0.15, 0.2) is 42.5 Å². The zero-order chi connectivity index (χ0) is 15.5. The van der Waals surface area contributed by atoms with Gasteiger partial charge in [-0.25, -0.2) is 0 Å². The molecule has 0 saturated carbocycles. The molecule has 3 rings (SSSR count). The summed E-state index contributed by atoms with van der Waals surface area (Å²) < 4.78 is 0. The fourth-order valence-electron chi connectivity index (χ4n) is 3.05. The van der Waals surface area contributed by atoms with E-state index in [4.69, 9.17) is 0 Å². The van der Waals surface area contributed by atoms with Crippen molar-refractivity contribution < 1.29 is 4.79 Å². The first-order chi connectivity index (χ1) is 10.7. The van der Waals surface area contributed by atoms with E-state index in [0.717, 1.165) is 36.2 Å². The fraction of sp³-hybridized carbons (Fsp3) is 0.316. The van der Waals surface area contributed by atoms with Crippen molar-refractivity contribution in [3.05, 3.63) is 59.2 Å². The van der Waals surface area contributed by atoms with E-state index >= 15 is 0 Å². The van der Waals surface area contributed by atoms with Crippen LogP contribution in [0.25, 0.3) is 0 Å². The number of benzene rings is 2. The Balaban J connectivity index is 1.77. The van der Waals surface area contributed by atoms with E-state index < -0.39 is 0 Å². The molecule has 0 aromatic heterocycles. The Hall–Kier alpha value is -2.29. The van der Waals surface area contributed by atoms with Gasteiger partial charge < -0.3 is 10.6 Å². The Labute approximate surface area is 131 Å². The molecular formula is C19H22N2O. The van der Waals surface area contributed by atoms with Crippen molar-refractivity contribution >= 4 is 17.3 Å². The van der Waals surface area contributed by atoms with Crippen molar-refractivity contribution in [1.82, 2.24) is 0 Å². The highest BCUT2D eigenvalue weighted by Gasteiger charge is 2.24. The maximum Gasteiger partial charge on any atom is 0.246 e. The number of anilines is 2. The second-order valence-corrected chi connectivity index (χ2v) is 5.84. The number of fused-ring (bicyclic) bond motifs is 1. The lowest BCUT2D eigenvalue weighted by Gasteiger charge is -2.26. The third kappa shape index (κ3) is 2.84. The Morgan fingerprint density at radius 1 is 1.23 bits per heavy atom. The number of rotatable bonds is 3. The van der Waals surface area contributed by atoms with Crippen LogP contribution in [0.2, 0.25) is 0 Å². The van der Waals surface area contributed by atoms with Crippen molar-refractivity contribution in [2.24, 2.45) is 0 Å². The molecule has 0 spiro atoms. The smallest absolute Gasteiger partial charge is 0.246 e. The lowest BCUT2D eigenvalue weighted by molar-refractivity contribution is -0.117. The first-order valence-electron chi connectivity index (χ1n) is 7.93. The molecule has 1 aliphatic rings. The van der Waals surface area contributed by atoms with Crippen LogP contribution in [0.4, 0.5) is 11.4 Å². The molecule has 1 unspecified atom stereocenters. The van der Waals surface area contributed by atoms with Gasteiger partial charge in [-0.2, -0.15) is 0 Å². The van der Waals surface area contributed by atoms with Gasteiger partial charge in [0.1, 0.15) is 6.04 Å². The molecule has 0 aliphatic carbocycles. The topological polar surface area (TPSA) is 41.1 Å². The Bertz CT molecular complexity index is 694. The van der Waals surface area contributed by atoms with Crippen LogP contribution in [-0.4, -0.2) is 11.9 Å². The van der Waals surface area contributed by atoms with Crippen molar-refractivity contribution in [2.45, 2.75) is 39.2 Å². The van der Waals surface area contributed by atoms with Crippen LogP contribution in [-0.2, 0) is 17.6 Å². The van der Waals surface area contributed by atoms with E-state index in [1.165, 1.54) is 11.1 Å². The molecule has 0 saturated heterocycles. The number of aryl methyl sites for hydroxylation is 3. The molecule has 2 aromatic carbocycles. The Morgan fingerprint density at radius 2 is 2.05 bits per heavy atom. The molecule has 1 aliphatic heterocycles. The van der Waals surface area contributed by atoms with E-state index in [1.54, 1.807) is 0 Å². The average molecular weight is 294 g/mol. The number of carbonyl (C=O) groups excluding carboxylic acids is 1. The first-order valence-corrected chi connectivity index (χ1v) is 7.93. The minimum atomic E-state index is -0.167. The largest absolute Gasteiger partial charge is 0.373 e. The van der Waals surface area contributed by atoms with Crippen molar-refractivity contribution in [3.8, 4) is 0 Å². The predicted molar refractivity (Wildman–Crippen MR) is 91.4 cm³/mol. The molecule has 0 bridgehead atoms. The van der Waals surface area contributed by atoms with Gasteiger partial charge >= 0.3 is 0 Å². The van der Waals surface area contributed by atoms with Gasteiger partial charge in [-0.1, -0.05) is 43.3 Å². The third-order valence-electron chi connectivity index (χ3n) is 4.35. The highest BCUT2D eigenvalue weighted by molar-refractivity contribution is 5.98. The molecule has 1 amide bonds. The fourth-order valence-corrected chi connectivity index (χ4v) is 3.05. The predicted octanol–water partition coefficient (Wildman–Crippen LogP) is 3.92. The van der Waals surface area contributed by atoms with Gasteiger partial charge in [0.15, 0.2) is 0 Å².